The molecule has 0 radical (unpaired) electrons. The molecule has 1 N–H and O–H groups in total. The molecule has 0 saturated heterocycles. The van der Waals surface area contributed by atoms with Gasteiger partial charge in [-0.15, -0.1) is 17.9 Å². The molecule has 0 saturated carbocycles. The van der Waals surface area contributed by atoms with E-state index in [9.17, 15) is 0 Å². The maximum Gasteiger partial charge on any atom is 0.0302 e. The van der Waals surface area contributed by atoms with Gasteiger partial charge in [-0.2, -0.15) is 0 Å². The van der Waals surface area contributed by atoms with Crippen LogP contribution in [0.15, 0.2) is 18.7 Å². The van der Waals surface area contributed by atoms with E-state index < -0.39 is 0 Å². The van der Waals surface area contributed by atoms with Gasteiger partial charge >= 0.3 is 0 Å². The number of rotatable bonds is 4. The van der Waals surface area contributed by atoms with Gasteiger partial charge < -0.3 is 5.32 Å². The fourth-order valence-electron chi connectivity index (χ4n) is 1.78. The molecule has 1 heterocycles. The highest BCUT2D eigenvalue weighted by atomic mass is 32.1. The lowest BCUT2D eigenvalue weighted by molar-refractivity contribution is 0.770. The molecule has 1 aromatic rings. The van der Waals surface area contributed by atoms with Crippen molar-refractivity contribution in [2.75, 3.05) is 6.54 Å². The second kappa shape index (κ2) is 4.07. The third-order valence-corrected chi connectivity index (χ3v) is 3.62. The molecular formula is C11H15NS. The molecule has 0 atom stereocenters. The largest absolute Gasteiger partial charge is 0.308 e. The van der Waals surface area contributed by atoms with E-state index >= 15 is 0 Å². The minimum absolute atomic E-state index is 0.905. The number of hydrogen-bond acceptors (Lipinski definition) is 2. The average molecular weight is 193 g/mol. The van der Waals surface area contributed by atoms with Gasteiger partial charge in [-0.05, 0) is 30.9 Å². The summed E-state index contributed by atoms with van der Waals surface area (Å²) in [5.74, 6) is 0. The first-order valence-corrected chi connectivity index (χ1v) is 5.64. The third-order valence-electron chi connectivity index (χ3n) is 2.39. The molecule has 0 bridgehead atoms. The lowest BCUT2D eigenvalue weighted by Crippen LogP contribution is -2.11. The molecule has 70 valence electrons. The summed E-state index contributed by atoms with van der Waals surface area (Å²) < 4.78 is 0. The van der Waals surface area contributed by atoms with Crippen molar-refractivity contribution in [1.82, 2.24) is 5.32 Å². The normalized spacial score (nSPS) is 14.5. The van der Waals surface area contributed by atoms with Crippen molar-refractivity contribution in [2.24, 2.45) is 0 Å². The lowest BCUT2D eigenvalue weighted by Gasteiger charge is -1.97. The first kappa shape index (κ1) is 8.97. The van der Waals surface area contributed by atoms with Gasteiger partial charge in [0.25, 0.3) is 0 Å². The predicted molar refractivity (Wildman–Crippen MR) is 58.2 cm³/mol. The van der Waals surface area contributed by atoms with Gasteiger partial charge in [0.05, 0.1) is 0 Å². The Morgan fingerprint density at radius 3 is 3.23 bits per heavy atom. The van der Waals surface area contributed by atoms with Crippen molar-refractivity contribution >= 4 is 11.3 Å². The Balaban J connectivity index is 1.94. The Bertz CT molecular complexity index is 280. The molecule has 1 aliphatic carbocycles. The number of hydrogen-bond donors (Lipinski definition) is 1. The third kappa shape index (κ3) is 2.01. The molecule has 0 amide bonds. The molecule has 0 fully saturated rings. The second-order valence-corrected chi connectivity index (χ2v) is 4.66. The molecule has 2 heteroatoms. The summed E-state index contributed by atoms with van der Waals surface area (Å²) in [6, 6.07) is 2.36. The van der Waals surface area contributed by atoms with Crippen LogP contribution in [0, 0.1) is 0 Å². The molecule has 0 aliphatic heterocycles. The molecule has 1 nitrogen and oxygen atoms in total. The fourth-order valence-corrected chi connectivity index (χ4v) is 3.01. The van der Waals surface area contributed by atoms with E-state index in [0.717, 1.165) is 13.1 Å². The number of nitrogens with one attached hydrogen (secondary N) is 1. The van der Waals surface area contributed by atoms with Crippen molar-refractivity contribution in [2.45, 2.75) is 25.8 Å². The fraction of sp³-hybridized carbons (Fsp3) is 0.455. The van der Waals surface area contributed by atoms with E-state index in [1.54, 1.807) is 10.4 Å². The van der Waals surface area contributed by atoms with Crippen LogP contribution >= 0.6 is 11.3 Å². The number of aryl methyl sites for hydroxylation is 2. The standard InChI is InChI=1S/C11H15NS/c1-2-6-12-8-10-7-9-4-3-5-11(9)13-10/h2,7,12H,1,3-6,8H2. The van der Waals surface area contributed by atoms with Gasteiger partial charge in [-0.25, -0.2) is 0 Å². The Hall–Kier alpha value is -0.600. The van der Waals surface area contributed by atoms with Crippen LogP contribution in [0.3, 0.4) is 0 Å². The summed E-state index contributed by atoms with van der Waals surface area (Å²) in [5.41, 5.74) is 1.60. The molecular weight excluding hydrogens is 178 g/mol. The van der Waals surface area contributed by atoms with E-state index in [1.165, 1.54) is 24.1 Å². The average Bonchev–Trinajstić information content (AvgIpc) is 2.64. The minimum atomic E-state index is 0.905. The van der Waals surface area contributed by atoms with Crippen LogP contribution in [0.2, 0.25) is 0 Å². The maximum atomic E-state index is 3.68. The van der Waals surface area contributed by atoms with Gasteiger partial charge in [0, 0.05) is 22.8 Å². The van der Waals surface area contributed by atoms with Crippen LogP contribution in [-0.2, 0) is 19.4 Å². The van der Waals surface area contributed by atoms with Crippen molar-refractivity contribution < 1.29 is 0 Å². The van der Waals surface area contributed by atoms with E-state index in [2.05, 4.69) is 18.0 Å². The van der Waals surface area contributed by atoms with Crippen molar-refractivity contribution in [3.8, 4) is 0 Å². The first-order valence-electron chi connectivity index (χ1n) is 4.82. The SMILES string of the molecule is C=CCNCc1cc2c(s1)CCC2. The van der Waals surface area contributed by atoms with E-state index in [-0.39, 0.29) is 0 Å². The predicted octanol–water partition coefficient (Wildman–Crippen LogP) is 2.51. The summed E-state index contributed by atoms with van der Waals surface area (Å²) in [6.45, 7) is 5.59. The van der Waals surface area contributed by atoms with Crippen LogP contribution < -0.4 is 5.32 Å². The Labute approximate surface area is 83.5 Å². The second-order valence-electron chi connectivity index (χ2n) is 3.43. The van der Waals surface area contributed by atoms with Gasteiger partial charge in [0.1, 0.15) is 0 Å². The van der Waals surface area contributed by atoms with Crippen molar-refractivity contribution in [3.63, 3.8) is 0 Å². The zero-order valence-corrected chi connectivity index (χ0v) is 8.62. The molecule has 1 aliphatic rings. The summed E-state index contributed by atoms with van der Waals surface area (Å²) >= 11 is 1.98. The van der Waals surface area contributed by atoms with Gasteiger partial charge in [0.2, 0.25) is 0 Å². The molecule has 0 aromatic carbocycles. The summed E-state index contributed by atoms with van der Waals surface area (Å²) in [6.07, 6.45) is 5.87. The topological polar surface area (TPSA) is 12.0 Å². The first-order chi connectivity index (χ1) is 6.40. The summed E-state index contributed by atoms with van der Waals surface area (Å²) in [4.78, 5) is 3.10. The summed E-state index contributed by atoms with van der Waals surface area (Å²) in [5, 5.41) is 3.33. The molecule has 1 aromatic heterocycles. The van der Waals surface area contributed by atoms with Crippen LogP contribution in [-0.4, -0.2) is 6.54 Å². The molecule has 0 unspecified atom stereocenters. The number of thiophene rings is 1. The van der Waals surface area contributed by atoms with Gasteiger partial charge in [-0.3, -0.25) is 0 Å². The van der Waals surface area contributed by atoms with Gasteiger partial charge in [0.15, 0.2) is 0 Å². The zero-order chi connectivity index (χ0) is 9.10. The smallest absolute Gasteiger partial charge is 0.0302 e. The van der Waals surface area contributed by atoms with Crippen LogP contribution in [0.25, 0.3) is 0 Å². The molecule has 0 spiro atoms. The highest BCUT2D eigenvalue weighted by molar-refractivity contribution is 7.12. The van der Waals surface area contributed by atoms with Crippen LogP contribution in [0.1, 0.15) is 21.7 Å². The minimum Gasteiger partial charge on any atom is -0.308 e. The Morgan fingerprint density at radius 1 is 1.54 bits per heavy atom. The van der Waals surface area contributed by atoms with E-state index in [0.29, 0.717) is 0 Å². The van der Waals surface area contributed by atoms with Crippen molar-refractivity contribution in [1.29, 1.82) is 0 Å². The van der Waals surface area contributed by atoms with Crippen molar-refractivity contribution in [3.05, 3.63) is 34.0 Å². The van der Waals surface area contributed by atoms with E-state index in [4.69, 9.17) is 0 Å². The van der Waals surface area contributed by atoms with E-state index in [1.807, 2.05) is 17.4 Å². The van der Waals surface area contributed by atoms with Gasteiger partial charge in [-0.1, -0.05) is 6.08 Å². The zero-order valence-electron chi connectivity index (χ0n) is 7.81. The Kier molecular flexibility index (Phi) is 2.81. The quantitative estimate of drug-likeness (QED) is 0.572. The lowest BCUT2D eigenvalue weighted by atomic mass is 10.2. The monoisotopic (exact) mass is 193 g/mol. The molecule has 13 heavy (non-hydrogen) atoms. The maximum absolute atomic E-state index is 3.68. The van der Waals surface area contributed by atoms with Crippen LogP contribution in [0.5, 0.6) is 0 Å². The summed E-state index contributed by atoms with van der Waals surface area (Å²) in [7, 11) is 0. The highest BCUT2D eigenvalue weighted by Gasteiger charge is 2.13. The Morgan fingerprint density at radius 2 is 2.46 bits per heavy atom. The molecule has 2 rings (SSSR count). The van der Waals surface area contributed by atoms with Crippen LogP contribution in [0.4, 0.5) is 0 Å². The number of fused-ring (bicyclic) bond motifs is 1. The highest BCUT2D eigenvalue weighted by Crippen LogP contribution is 2.30.